The summed E-state index contributed by atoms with van der Waals surface area (Å²) in [6, 6.07) is 0.00871. The van der Waals surface area contributed by atoms with Gasteiger partial charge in [0.05, 0.1) is 18.4 Å². The van der Waals surface area contributed by atoms with Gasteiger partial charge in [0.25, 0.3) is 5.91 Å². The maximum atomic E-state index is 12.3. The van der Waals surface area contributed by atoms with Crippen molar-refractivity contribution in [3.63, 3.8) is 0 Å². The minimum atomic E-state index is -0.144. The molecule has 0 radical (unpaired) electrons. The second-order valence-electron chi connectivity index (χ2n) is 5.14. The van der Waals surface area contributed by atoms with E-state index in [0.717, 1.165) is 25.8 Å². The minimum absolute atomic E-state index is 0.00871. The smallest absolute Gasteiger partial charge is 0.287 e. The van der Waals surface area contributed by atoms with Crippen LogP contribution in [-0.2, 0) is 6.54 Å². The number of nitrogens with one attached hydrogen (secondary N) is 2. The number of carbonyl (C=O) groups is 1. The van der Waals surface area contributed by atoms with Crippen molar-refractivity contribution in [2.24, 2.45) is 0 Å². The van der Waals surface area contributed by atoms with E-state index in [9.17, 15) is 4.79 Å². The van der Waals surface area contributed by atoms with Crippen molar-refractivity contribution >= 4 is 5.91 Å². The first-order chi connectivity index (χ1) is 10.3. The Balaban J connectivity index is 1.64. The lowest BCUT2D eigenvalue weighted by Crippen LogP contribution is -2.43. The molecule has 0 unspecified atom stereocenters. The summed E-state index contributed by atoms with van der Waals surface area (Å²) >= 11 is 0. The Bertz CT molecular complexity index is 592. The topological polar surface area (TPSA) is 84.8 Å². The Morgan fingerprint density at radius 2 is 2.48 bits per heavy atom. The van der Waals surface area contributed by atoms with Gasteiger partial charge in [0, 0.05) is 18.9 Å². The first-order valence-electron chi connectivity index (χ1n) is 7.25. The maximum Gasteiger partial charge on any atom is 0.287 e. The molecule has 2 atom stereocenters. The summed E-state index contributed by atoms with van der Waals surface area (Å²) in [5.41, 5.74) is 0. The van der Waals surface area contributed by atoms with Crippen molar-refractivity contribution in [3.8, 4) is 5.75 Å². The third-order valence-corrected chi connectivity index (χ3v) is 3.79. The average molecular weight is 289 g/mol. The molecule has 1 amide bonds. The number of hydrogen-bond donors (Lipinski definition) is 2. The number of imidazole rings is 1. The standard InChI is InChI=1S/C14H19N5O2/c1-2-19-7-6-15-13(19)14(20)18-11-4-3-5-12(11)21-10-8-16-17-9-10/h6-9,11-12H,2-5H2,1H3,(H,16,17)(H,18,20)/t11-,12+/m0/s1. The van der Waals surface area contributed by atoms with Crippen LogP contribution in [0.4, 0.5) is 0 Å². The SMILES string of the molecule is CCn1ccnc1C(=O)N[C@H]1CCC[C@H]1Oc1cn[nH]c1. The molecule has 7 heteroatoms. The number of rotatable bonds is 5. The molecule has 112 valence electrons. The average Bonchev–Trinajstić information content (AvgIpc) is 3.21. The normalized spacial score (nSPS) is 21.4. The van der Waals surface area contributed by atoms with Crippen LogP contribution < -0.4 is 10.1 Å². The molecule has 3 rings (SSSR count). The number of H-pyrrole nitrogens is 1. The predicted molar refractivity (Wildman–Crippen MR) is 76.0 cm³/mol. The van der Waals surface area contributed by atoms with Crippen molar-refractivity contribution in [2.75, 3.05) is 0 Å². The van der Waals surface area contributed by atoms with Crippen LogP contribution in [0.3, 0.4) is 0 Å². The molecule has 0 bridgehead atoms. The second kappa shape index (κ2) is 5.99. The summed E-state index contributed by atoms with van der Waals surface area (Å²) in [5.74, 6) is 1.01. The molecule has 2 N–H and O–H groups in total. The number of amides is 1. The van der Waals surface area contributed by atoms with Gasteiger partial charge in [0.15, 0.2) is 11.6 Å². The number of aryl methyl sites for hydroxylation is 1. The highest BCUT2D eigenvalue weighted by Crippen LogP contribution is 2.24. The van der Waals surface area contributed by atoms with E-state index < -0.39 is 0 Å². The Morgan fingerprint density at radius 3 is 3.24 bits per heavy atom. The lowest BCUT2D eigenvalue weighted by molar-refractivity contribution is 0.0879. The van der Waals surface area contributed by atoms with Gasteiger partial charge >= 0.3 is 0 Å². The Hall–Kier alpha value is -2.31. The van der Waals surface area contributed by atoms with Crippen molar-refractivity contribution < 1.29 is 9.53 Å². The third-order valence-electron chi connectivity index (χ3n) is 3.79. The van der Waals surface area contributed by atoms with E-state index in [1.165, 1.54) is 0 Å². The van der Waals surface area contributed by atoms with Crippen LogP contribution in [0.2, 0.25) is 0 Å². The summed E-state index contributed by atoms with van der Waals surface area (Å²) in [5, 5.41) is 9.62. The van der Waals surface area contributed by atoms with E-state index >= 15 is 0 Å². The summed E-state index contributed by atoms with van der Waals surface area (Å²) in [6.45, 7) is 2.71. The molecule has 21 heavy (non-hydrogen) atoms. The van der Waals surface area contributed by atoms with E-state index in [1.807, 2.05) is 17.7 Å². The predicted octanol–water partition coefficient (Wildman–Crippen LogP) is 1.36. The van der Waals surface area contributed by atoms with Gasteiger partial charge in [-0.1, -0.05) is 0 Å². The largest absolute Gasteiger partial charge is 0.485 e. The number of aromatic amines is 1. The second-order valence-corrected chi connectivity index (χ2v) is 5.14. The number of aromatic nitrogens is 4. The Labute approximate surface area is 122 Å². The summed E-state index contributed by atoms with van der Waals surface area (Å²) < 4.78 is 7.70. The van der Waals surface area contributed by atoms with Crippen LogP contribution in [0.25, 0.3) is 0 Å². The van der Waals surface area contributed by atoms with Gasteiger partial charge < -0.3 is 14.6 Å². The molecule has 1 saturated carbocycles. The minimum Gasteiger partial charge on any atom is -0.485 e. The van der Waals surface area contributed by atoms with Crippen LogP contribution in [-0.4, -0.2) is 37.8 Å². The molecule has 0 aromatic carbocycles. The summed E-state index contributed by atoms with van der Waals surface area (Å²) in [4.78, 5) is 16.4. The van der Waals surface area contributed by atoms with E-state index in [0.29, 0.717) is 11.6 Å². The van der Waals surface area contributed by atoms with Gasteiger partial charge in [-0.2, -0.15) is 5.10 Å². The van der Waals surface area contributed by atoms with Gasteiger partial charge in [-0.25, -0.2) is 4.98 Å². The molecular formula is C14H19N5O2. The van der Waals surface area contributed by atoms with E-state index in [4.69, 9.17) is 4.74 Å². The van der Waals surface area contributed by atoms with E-state index in [1.54, 1.807) is 18.6 Å². The molecule has 0 spiro atoms. The zero-order valence-electron chi connectivity index (χ0n) is 12.0. The highest BCUT2D eigenvalue weighted by Gasteiger charge is 2.31. The molecule has 1 aliphatic carbocycles. The summed E-state index contributed by atoms with van der Waals surface area (Å²) in [6.07, 6.45) is 9.67. The van der Waals surface area contributed by atoms with Gasteiger partial charge in [0.1, 0.15) is 6.10 Å². The highest BCUT2D eigenvalue weighted by molar-refractivity contribution is 5.91. The molecule has 0 saturated heterocycles. The van der Waals surface area contributed by atoms with Gasteiger partial charge in [0.2, 0.25) is 0 Å². The fraction of sp³-hybridized carbons (Fsp3) is 0.500. The first kappa shape index (κ1) is 13.7. The molecule has 0 aliphatic heterocycles. The van der Waals surface area contributed by atoms with Crippen LogP contribution >= 0.6 is 0 Å². The lowest BCUT2D eigenvalue weighted by Gasteiger charge is -2.21. The fourth-order valence-corrected chi connectivity index (χ4v) is 2.72. The maximum absolute atomic E-state index is 12.3. The number of carbonyl (C=O) groups excluding carboxylic acids is 1. The van der Waals surface area contributed by atoms with E-state index in [-0.39, 0.29) is 18.1 Å². The monoisotopic (exact) mass is 289 g/mol. The molecule has 1 fully saturated rings. The Kier molecular flexibility index (Phi) is 3.89. The van der Waals surface area contributed by atoms with Crippen molar-refractivity contribution in [3.05, 3.63) is 30.6 Å². The van der Waals surface area contributed by atoms with Crippen molar-refractivity contribution in [2.45, 2.75) is 44.9 Å². The van der Waals surface area contributed by atoms with Crippen molar-refractivity contribution in [1.82, 2.24) is 25.1 Å². The van der Waals surface area contributed by atoms with Gasteiger partial charge in [-0.05, 0) is 26.2 Å². The lowest BCUT2D eigenvalue weighted by atomic mass is 10.2. The summed E-state index contributed by atoms with van der Waals surface area (Å²) in [7, 11) is 0. The van der Waals surface area contributed by atoms with E-state index in [2.05, 4.69) is 20.5 Å². The quantitative estimate of drug-likeness (QED) is 0.870. The molecule has 2 aromatic rings. The molecule has 2 heterocycles. The van der Waals surface area contributed by atoms with Crippen LogP contribution in [0.15, 0.2) is 24.8 Å². The third kappa shape index (κ3) is 2.91. The zero-order valence-corrected chi connectivity index (χ0v) is 12.0. The van der Waals surface area contributed by atoms with Crippen LogP contribution in [0.5, 0.6) is 5.75 Å². The van der Waals surface area contributed by atoms with Crippen LogP contribution in [0, 0.1) is 0 Å². The molecular weight excluding hydrogens is 270 g/mol. The van der Waals surface area contributed by atoms with Crippen molar-refractivity contribution in [1.29, 1.82) is 0 Å². The molecule has 7 nitrogen and oxygen atoms in total. The molecule has 2 aromatic heterocycles. The molecule has 1 aliphatic rings. The number of nitrogens with zero attached hydrogens (tertiary/aromatic N) is 3. The number of ether oxygens (including phenoxy) is 1. The number of hydrogen-bond acceptors (Lipinski definition) is 4. The van der Waals surface area contributed by atoms with Gasteiger partial charge in [-0.3, -0.25) is 9.89 Å². The van der Waals surface area contributed by atoms with Gasteiger partial charge in [-0.15, -0.1) is 0 Å². The zero-order chi connectivity index (χ0) is 14.7. The van der Waals surface area contributed by atoms with Crippen LogP contribution in [0.1, 0.15) is 36.8 Å². The highest BCUT2D eigenvalue weighted by atomic mass is 16.5. The first-order valence-corrected chi connectivity index (χ1v) is 7.25. The fourth-order valence-electron chi connectivity index (χ4n) is 2.72. The Morgan fingerprint density at radius 1 is 1.57 bits per heavy atom.